The molecule has 1 amide bonds. The fraction of sp³-hybridized carbons (Fsp3) is 0.357. The zero-order chi connectivity index (χ0) is 12.7. The molecule has 1 aromatic carbocycles. The average molecular weight is 232 g/mol. The molecule has 0 aliphatic carbocycles. The zero-order valence-corrected chi connectivity index (χ0v) is 10.3. The van der Waals surface area contributed by atoms with Crippen LogP contribution in [0.4, 0.5) is 0 Å². The first-order valence-corrected chi connectivity index (χ1v) is 5.80. The topological polar surface area (TPSA) is 46.3 Å². The Morgan fingerprint density at radius 1 is 1.47 bits per heavy atom. The molecule has 0 aliphatic rings. The smallest absolute Gasteiger partial charge is 0.239 e. The third kappa shape index (κ3) is 4.41. The average Bonchev–Trinajstić information content (AvgIpc) is 2.36. The Balaban J connectivity index is 2.41. The van der Waals surface area contributed by atoms with Crippen molar-refractivity contribution < 1.29 is 4.79 Å². The highest BCUT2D eigenvalue weighted by molar-refractivity contribution is 5.81. The molecule has 0 saturated heterocycles. The SMILES string of the molecule is C=CCN(C)C(=O)[C@@H](N)CCc1ccccc1. The molecule has 0 radical (unpaired) electrons. The highest BCUT2D eigenvalue weighted by Crippen LogP contribution is 2.05. The molecule has 3 heteroatoms. The van der Waals surface area contributed by atoms with Crippen LogP contribution in [0, 0.1) is 0 Å². The lowest BCUT2D eigenvalue weighted by Gasteiger charge is -2.19. The van der Waals surface area contributed by atoms with Gasteiger partial charge < -0.3 is 10.6 Å². The monoisotopic (exact) mass is 232 g/mol. The van der Waals surface area contributed by atoms with Crippen molar-refractivity contribution in [2.24, 2.45) is 5.73 Å². The first-order chi connectivity index (χ1) is 8.15. The Morgan fingerprint density at radius 3 is 2.71 bits per heavy atom. The maximum Gasteiger partial charge on any atom is 0.239 e. The normalized spacial score (nSPS) is 11.9. The Kier molecular flexibility index (Phi) is 5.43. The minimum Gasteiger partial charge on any atom is -0.341 e. The lowest BCUT2D eigenvalue weighted by molar-refractivity contribution is -0.130. The van der Waals surface area contributed by atoms with Crippen molar-refractivity contribution in [3.05, 3.63) is 48.6 Å². The molecule has 0 unspecified atom stereocenters. The van der Waals surface area contributed by atoms with E-state index in [0.717, 1.165) is 6.42 Å². The summed E-state index contributed by atoms with van der Waals surface area (Å²) in [7, 11) is 1.74. The van der Waals surface area contributed by atoms with Crippen molar-refractivity contribution in [3.8, 4) is 0 Å². The van der Waals surface area contributed by atoms with E-state index in [4.69, 9.17) is 5.73 Å². The molecule has 0 aromatic heterocycles. The Morgan fingerprint density at radius 2 is 2.12 bits per heavy atom. The van der Waals surface area contributed by atoms with Gasteiger partial charge in [-0.1, -0.05) is 36.4 Å². The molecule has 17 heavy (non-hydrogen) atoms. The van der Waals surface area contributed by atoms with Crippen LogP contribution in [-0.4, -0.2) is 30.4 Å². The molecule has 0 fully saturated rings. The van der Waals surface area contributed by atoms with Gasteiger partial charge in [-0.2, -0.15) is 0 Å². The van der Waals surface area contributed by atoms with E-state index in [1.165, 1.54) is 5.56 Å². The summed E-state index contributed by atoms with van der Waals surface area (Å²) >= 11 is 0. The number of nitrogens with zero attached hydrogens (tertiary/aromatic N) is 1. The molecule has 92 valence electrons. The molecule has 0 bridgehead atoms. The van der Waals surface area contributed by atoms with Crippen LogP contribution < -0.4 is 5.73 Å². The molecule has 3 nitrogen and oxygen atoms in total. The molecule has 0 saturated carbocycles. The second-order valence-electron chi connectivity index (χ2n) is 4.14. The van der Waals surface area contributed by atoms with E-state index in [2.05, 4.69) is 6.58 Å². The third-order valence-corrected chi connectivity index (χ3v) is 2.68. The van der Waals surface area contributed by atoms with Gasteiger partial charge in [-0.3, -0.25) is 4.79 Å². The molecule has 0 spiro atoms. The van der Waals surface area contributed by atoms with E-state index in [1.54, 1.807) is 18.0 Å². The van der Waals surface area contributed by atoms with Crippen molar-refractivity contribution >= 4 is 5.91 Å². The van der Waals surface area contributed by atoms with Crippen LogP contribution in [0.25, 0.3) is 0 Å². The Bertz CT molecular complexity index is 362. The summed E-state index contributed by atoms with van der Waals surface area (Å²) in [4.78, 5) is 13.4. The van der Waals surface area contributed by atoms with Crippen molar-refractivity contribution in [2.75, 3.05) is 13.6 Å². The second kappa shape index (κ2) is 6.86. The van der Waals surface area contributed by atoms with Gasteiger partial charge in [0.25, 0.3) is 0 Å². The quantitative estimate of drug-likeness (QED) is 0.757. The van der Waals surface area contributed by atoms with Gasteiger partial charge in [-0.25, -0.2) is 0 Å². The Labute approximate surface area is 103 Å². The van der Waals surface area contributed by atoms with Crippen LogP contribution in [0.15, 0.2) is 43.0 Å². The first-order valence-electron chi connectivity index (χ1n) is 5.80. The third-order valence-electron chi connectivity index (χ3n) is 2.68. The maximum atomic E-state index is 11.8. The lowest BCUT2D eigenvalue weighted by atomic mass is 10.1. The number of amides is 1. The van der Waals surface area contributed by atoms with Gasteiger partial charge in [0.05, 0.1) is 6.04 Å². The number of nitrogens with two attached hydrogens (primary N) is 1. The number of carbonyl (C=O) groups is 1. The summed E-state index contributed by atoms with van der Waals surface area (Å²) in [5.41, 5.74) is 7.08. The van der Waals surface area contributed by atoms with E-state index in [0.29, 0.717) is 13.0 Å². The number of hydrogen-bond donors (Lipinski definition) is 1. The van der Waals surface area contributed by atoms with Crippen LogP contribution in [-0.2, 0) is 11.2 Å². The summed E-state index contributed by atoms with van der Waals surface area (Å²) in [6.45, 7) is 4.14. The van der Waals surface area contributed by atoms with Gasteiger partial charge in [0.1, 0.15) is 0 Å². The van der Waals surface area contributed by atoms with E-state index >= 15 is 0 Å². The number of carbonyl (C=O) groups excluding carboxylic acids is 1. The van der Waals surface area contributed by atoms with Crippen LogP contribution in [0.3, 0.4) is 0 Å². The highest BCUT2D eigenvalue weighted by atomic mass is 16.2. The highest BCUT2D eigenvalue weighted by Gasteiger charge is 2.16. The van der Waals surface area contributed by atoms with Crippen LogP contribution in [0.1, 0.15) is 12.0 Å². The number of aryl methyl sites for hydroxylation is 1. The maximum absolute atomic E-state index is 11.8. The number of likely N-dealkylation sites (N-methyl/N-ethyl adjacent to an activating group) is 1. The summed E-state index contributed by atoms with van der Waals surface area (Å²) < 4.78 is 0. The first kappa shape index (κ1) is 13.5. The summed E-state index contributed by atoms with van der Waals surface area (Å²) in [5, 5.41) is 0. The zero-order valence-electron chi connectivity index (χ0n) is 10.3. The fourth-order valence-electron chi connectivity index (χ4n) is 1.66. The predicted molar refractivity (Wildman–Crippen MR) is 70.6 cm³/mol. The fourth-order valence-corrected chi connectivity index (χ4v) is 1.66. The van der Waals surface area contributed by atoms with Gasteiger partial charge in [0, 0.05) is 13.6 Å². The largest absolute Gasteiger partial charge is 0.341 e. The van der Waals surface area contributed by atoms with Crippen molar-refractivity contribution in [3.63, 3.8) is 0 Å². The number of benzene rings is 1. The molecule has 1 aromatic rings. The summed E-state index contributed by atoms with van der Waals surface area (Å²) in [5.74, 6) is -0.0270. The summed E-state index contributed by atoms with van der Waals surface area (Å²) in [6.07, 6.45) is 3.20. The van der Waals surface area contributed by atoms with Gasteiger partial charge in [0.15, 0.2) is 0 Å². The van der Waals surface area contributed by atoms with Crippen LogP contribution >= 0.6 is 0 Å². The van der Waals surface area contributed by atoms with Crippen molar-refractivity contribution in [1.29, 1.82) is 0 Å². The minimum atomic E-state index is -0.430. The molecule has 1 rings (SSSR count). The van der Waals surface area contributed by atoms with E-state index in [1.807, 2.05) is 30.3 Å². The van der Waals surface area contributed by atoms with Crippen LogP contribution in [0.5, 0.6) is 0 Å². The molecular weight excluding hydrogens is 212 g/mol. The summed E-state index contributed by atoms with van der Waals surface area (Å²) in [6, 6.07) is 9.63. The number of hydrogen-bond acceptors (Lipinski definition) is 2. The van der Waals surface area contributed by atoms with E-state index in [9.17, 15) is 4.79 Å². The molecule has 0 heterocycles. The number of rotatable bonds is 6. The molecule has 2 N–H and O–H groups in total. The Hall–Kier alpha value is -1.61. The molecule has 1 atom stereocenters. The molecule has 0 aliphatic heterocycles. The predicted octanol–water partition coefficient (Wildman–Crippen LogP) is 1.59. The standard InChI is InChI=1S/C14H20N2O/c1-3-11-16(2)14(17)13(15)10-9-12-7-5-4-6-8-12/h3-8,13H,1,9-11,15H2,2H3/t13-/m0/s1. The lowest BCUT2D eigenvalue weighted by Crippen LogP contribution is -2.42. The minimum absolute atomic E-state index is 0.0270. The van der Waals surface area contributed by atoms with Crippen molar-refractivity contribution in [1.82, 2.24) is 4.90 Å². The van der Waals surface area contributed by atoms with E-state index < -0.39 is 6.04 Å². The van der Waals surface area contributed by atoms with Crippen molar-refractivity contribution in [2.45, 2.75) is 18.9 Å². The van der Waals surface area contributed by atoms with Gasteiger partial charge in [-0.15, -0.1) is 6.58 Å². The van der Waals surface area contributed by atoms with Gasteiger partial charge >= 0.3 is 0 Å². The molecular formula is C14H20N2O. The van der Waals surface area contributed by atoms with Gasteiger partial charge in [0.2, 0.25) is 5.91 Å². The second-order valence-corrected chi connectivity index (χ2v) is 4.14. The van der Waals surface area contributed by atoms with E-state index in [-0.39, 0.29) is 5.91 Å². The van der Waals surface area contributed by atoms with Gasteiger partial charge in [-0.05, 0) is 18.4 Å². The van der Waals surface area contributed by atoms with Crippen LogP contribution in [0.2, 0.25) is 0 Å².